The number of amides is 2. The maximum Gasteiger partial charge on any atom is 0.257 e. The van der Waals surface area contributed by atoms with Crippen LogP contribution >= 0.6 is 11.3 Å². The smallest absolute Gasteiger partial charge is 0.257 e. The number of nitrogens with one attached hydrogen (secondary N) is 2. The van der Waals surface area contributed by atoms with Gasteiger partial charge in [0.05, 0.1) is 10.2 Å². The summed E-state index contributed by atoms with van der Waals surface area (Å²) in [6.07, 6.45) is 0. The molecular formula is C18H17N3O2S. The summed E-state index contributed by atoms with van der Waals surface area (Å²) in [5.41, 5.74) is 4.23. The van der Waals surface area contributed by atoms with Gasteiger partial charge in [-0.1, -0.05) is 23.5 Å². The zero-order valence-electron chi connectivity index (χ0n) is 13.6. The van der Waals surface area contributed by atoms with Crippen LogP contribution in [0.3, 0.4) is 0 Å². The van der Waals surface area contributed by atoms with E-state index >= 15 is 0 Å². The standard InChI is InChI=1S/C18H17N3O2S/c1-10-7-11(2)16-15(8-10)24-18(20-16)21-17(23)13-5-4-6-14(9-13)19-12(3)22/h4-9H,1-3H3,(H,19,22)(H,20,21,23). The molecule has 0 aliphatic heterocycles. The van der Waals surface area contributed by atoms with E-state index < -0.39 is 0 Å². The van der Waals surface area contributed by atoms with Crippen molar-refractivity contribution in [3.63, 3.8) is 0 Å². The zero-order chi connectivity index (χ0) is 17.3. The second kappa shape index (κ2) is 6.41. The van der Waals surface area contributed by atoms with Crippen LogP contribution in [-0.2, 0) is 4.79 Å². The van der Waals surface area contributed by atoms with E-state index in [1.807, 2.05) is 13.8 Å². The molecular weight excluding hydrogens is 322 g/mol. The molecule has 0 atom stereocenters. The summed E-state index contributed by atoms with van der Waals surface area (Å²) >= 11 is 1.45. The fraction of sp³-hybridized carbons (Fsp3) is 0.167. The molecule has 0 fully saturated rings. The van der Waals surface area contributed by atoms with Crippen molar-refractivity contribution < 1.29 is 9.59 Å². The normalized spacial score (nSPS) is 10.6. The molecule has 0 aliphatic carbocycles. The van der Waals surface area contributed by atoms with E-state index in [9.17, 15) is 9.59 Å². The average molecular weight is 339 g/mol. The van der Waals surface area contributed by atoms with Crippen molar-refractivity contribution in [2.45, 2.75) is 20.8 Å². The highest BCUT2D eigenvalue weighted by molar-refractivity contribution is 7.22. The lowest BCUT2D eigenvalue weighted by Gasteiger charge is -2.05. The van der Waals surface area contributed by atoms with E-state index in [1.54, 1.807) is 24.3 Å². The monoisotopic (exact) mass is 339 g/mol. The molecule has 0 spiro atoms. The number of carbonyl (C=O) groups excluding carboxylic acids is 2. The zero-order valence-corrected chi connectivity index (χ0v) is 14.5. The van der Waals surface area contributed by atoms with Crippen LogP contribution in [0.4, 0.5) is 10.8 Å². The lowest BCUT2D eigenvalue weighted by molar-refractivity contribution is -0.114. The Bertz CT molecular complexity index is 947. The molecule has 24 heavy (non-hydrogen) atoms. The van der Waals surface area contributed by atoms with E-state index in [0.29, 0.717) is 16.4 Å². The number of benzene rings is 2. The number of carbonyl (C=O) groups is 2. The molecule has 5 nitrogen and oxygen atoms in total. The Morgan fingerprint density at radius 1 is 1.08 bits per heavy atom. The fourth-order valence-corrected chi connectivity index (χ4v) is 3.57. The van der Waals surface area contributed by atoms with Gasteiger partial charge in [0.15, 0.2) is 5.13 Å². The first kappa shape index (κ1) is 16.1. The number of hydrogen-bond donors (Lipinski definition) is 2. The fourth-order valence-electron chi connectivity index (χ4n) is 2.53. The number of anilines is 2. The second-order valence-corrected chi connectivity index (χ2v) is 6.69. The minimum absolute atomic E-state index is 0.176. The van der Waals surface area contributed by atoms with Crippen LogP contribution in [0, 0.1) is 13.8 Å². The number of aromatic nitrogens is 1. The van der Waals surface area contributed by atoms with Gasteiger partial charge in [-0.3, -0.25) is 14.9 Å². The Morgan fingerprint density at radius 3 is 2.62 bits per heavy atom. The van der Waals surface area contributed by atoms with Crippen LogP contribution in [0.1, 0.15) is 28.4 Å². The number of aryl methyl sites for hydroxylation is 2. The van der Waals surface area contributed by atoms with Gasteiger partial charge in [-0.05, 0) is 49.2 Å². The first-order valence-electron chi connectivity index (χ1n) is 7.49. The summed E-state index contributed by atoms with van der Waals surface area (Å²) in [5, 5.41) is 6.06. The minimum Gasteiger partial charge on any atom is -0.326 e. The number of hydrogen-bond acceptors (Lipinski definition) is 4. The van der Waals surface area contributed by atoms with E-state index in [-0.39, 0.29) is 11.8 Å². The van der Waals surface area contributed by atoms with Gasteiger partial charge in [0, 0.05) is 18.2 Å². The van der Waals surface area contributed by atoms with Crippen molar-refractivity contribution in [3.8, 4) is 0 Å². The van der Waals surface area contributed by atoms with Gasteiger partial charge in [0.2, 0.25) is 5.91 Å². The lowest BCUT2D eigenvalue weighted by atomic mass is 10.1. The van der Waals surface area contributed by atoms with Gasteiger partial charge in [-0.2, -0.15) is 0 Å². The largest absolute Gasteiger partial charge is 0.326 e. The summed E-state index contributed by atoms with van der Waals surface area (Å²) in [4.78, 5) is 28.1. The van der Waals surface area contributed by atoms with Crippen LogP contribution in [0.15, 0.2) is 36.4 Å². The Hall–Kier alpha value is -2.73. The quantitative estimate of drug-likeness (QED) is 0.754. The number of fused-ring (bicyclic) bond motifs is 1. The van der Waals surface area contributed by atoms with Crippen LogP contribution in [-0.4, -0.2) is 16.8 Å². The molecule has 0 aliphatic rings. The highest BCUT2D eigenvalue weighted by Crippen LogP contribution is 2.29. The summed E-state index contributed by atoms with van der Waals surface area (Å²) in [7, 11) is 0. The van der Waals surface area contributed by atoms with Gasteiger partial charge in [-0.25, -0.2) is 4.98 Å². The molecule has 122 valence electrons. The molecule has 2 amide bonds. The van der Waals surface area contributed by atoms with Crippen molar-refractivity contribution in [1.82, 2.24) is 4.98 Å². The molecule has 0 radical (unpaired) electrons. The third-order valence-electron chi connectivity index (χ3n) is 3.50. The molecule has 0 bridgehead atoms. The molecule has 3 rings (SSSR count). The molecule has 2 N–H and O–H groups in total. The van der Waals surface area contributed by atoms with Crippen LogP contribution in [0.25, 0.3) is 10.2 Å². The Labute approximate surface area is 143 Å². The third-order valence-corrected chi connectivity index (χ3v) is 4.41. The maximum absolute atomic E-state index is 12.4. The molecule has 3 aromatic rings. The molecule has 2 aromatic carbocycles. The highest BCUT2D eigenvalue weighted by atomic mass is 32.1. The third kappa shape index (κ3) is 3.44. The first-order chi connectivity index (χ1) is 11.4. The van der Waals surface area contributed by atoms with Crippen molar-refractivity contribution in [2.75, 3.05) is 10.6 Å². The summed E-state index contributed by atoms with van der Waals surface area (Å²) in [6, 6.07) is 10.9. The van der Waals surface area contributed by atoms with E-state index in [0.717, 1.165) is 15.8 Å². The van der Waals surface area contributed by atoms with Gasteiger partial charge >= 0.3 is 0 Å². The van der Waals surface area contributed by atoms with Crippen molar-refractivity contribution in [1.29, 1.82) is 0 Å². The maximum atomic E-state index is 12.4. The Morgan fingerprint density at radius 2 is 1.88 bits per heavy atom. The predicted octanol–water partition coefficient (Wildman–Crippen LogP) is 4.12. The summed E-state index contributed by atoms with van der Waals surface area (Å²) in [6.45, 7) is 5.48. The number of nitrogens with zero attached hydrogens (tertiary/aromatic N) is 1. The number of thiazole rings is 1. The Kier molecular flexibility index (Phi) is 4.31. The number of rotatable bonds is 3. The second-order valence-electron chi connectivity index (χ2n) is 5.66. The van der Waals surface area contributed by atoms with Gasteiger partial charge in [0.1, 0.15) is 0 Å². The van der Waals surface area contributed by atoms with Crippen molar-refractivity contribution >= 4 is 44.2 Å². The van der Waals surface area contributed by atoms with Crippen molar-refractivity contribution in [2.24, 2.45) is 0 Å². The summed E-state index contributed by atoms with van der Waals surface area (Å²) < 4.78 is 1.05. The van der Waals surface area contributed by atoms with Crippen molar-refractivity contribution in [3.05, 3.63) is 53.1 Å². The van der Waals surface area contributed by atoms with E-state index in [2.05, 4.69) is 27.8 Å². The summed E-state index contributed by atoms with van der Waals surface area (Å²) in [5.74, 6) is -0.430. The predicted molar refractivity (Wildman–Crippen MR) is 97.8 cm³/mol. The van der Waals surface area contributed by atoms with E-state index in [4.69, 9.17) is 0 Å². The first-order valence-corrected chi connectivity index (χ1v) is 8.31. The van der Waals surface area contributed by atoms with Crippen LogP contribution in [0.2, 0.25) is 0 Å². The Balaban J connectivity index is 1.84. The average Bonchev–Trinajstić information content (AvgIpc) is 2.89. The molecule has 0 saturated carbocycles. The van der Waals surface area contributed by atoms with Gasteiger partial charge < -0.3 is 5.32 Å². The molecule has 1 aromatic heterocycles. The van der Waals surface area contributed by atoms with Gasteiger partial charge in [0.25, 0.3) is 5.91 Å². The van der Waals surface area contributed by atoms with E-state index in [1.165, 1.54) is 23.8 Å². The minimum atomic E-state index is -0.254. The van der Waals surface area contributed by atoms with Gasteiger partial charge in [-0.15, -0.1) is 0 Å². The molecule has 0 unspecified atom stereocenters. The molecule has 1 heterocycles. The molecule has 0 saturated heterocycles. The molecule has 6 heteroatoms. The topological polar surface area (TPSA) is 71.1 Å². The highest BCUT2D eigenvalue weighted by Gasteiger charge is 2.12. The lowest BCUT2D eigenvalue weighted by Crippen LogP contribution is -2.13. The van der Waals surface area contributed by atoms with Crippen LogP contribution in [0.5, 0.6) is 0 Å². The SMILES string of the molecule is CC(=O)Nc1cccc(C(=O)Nc2nc3c(C)cc(C)cc3s2)c1. The van der Waals surface area contributed by atoms with Crippen LogP contribution < -0.4 is 10.6 Å².